The number of hydrogen-bond acceptors (Lipinski definition) is 1. The molecule has 14 heavy (non-hydrogen) atoms. The van der Waals surface area contributed by atoms with Crippen molar-refractivity contribution in [2.45, 2.75) is 26.7 Å². The second kappa shape index (κ2) is 5.43. The third kappa shape index (κ3) is 3.21. The van der Waals surface area contributed by atoms with Crippen molar-refractivity contribution in [2.24, 2.45) is 0 Å². The Morgan fingerprint density at radius 3 is 2.86 bits per heavy atom. The fourth-order valence-corrected chi connectivity index (χ4v) is 1.51. The van der Waals surface area contributed by atoms with Gasteiger partial charge in [0, 0.05) is 6.54 Å². The maximum absolute atomic E-state index is 10.0. The lowest BCUT2D eigenvalue weighted by Crippen LogP contribution is -2.12. The van der Waals surface area contributed by atoms with Gasteiger partial charge in [-0.15, -0.1) is 0 Å². The predicted octanol–water partition coefficient (Wildman–Crippen LogP) is 1.98. The van der Waals surface area contributed by atoms with Crippen LogP contribution < -0.4 is 5.32 Å². The molecule has 0 atom stereocenters. The molecule has 0 aliphatic carbocycles. The van der Waals surface area contributed by atoms with Crippen molar-refractivity contribution >= 4 is 6.41 Å². The third-order valence-electron chi connectivity index (χ3n) is 2.36. The SMILES string of the molecule is Cc1ccc(C)c(CCCNC=O)c1. The van der Waals surface area contributed by atoms with Gasteiger partial charge < -0.3 is 5.32 Å². The average Bonchev–Trinajstić information content (AvgIpc) is 2.18. The molecule has 0 unspecified atom stereocenters. The van der Waals surface area contributed by atoms with Crippen molar-refractivity contribution in [1.82, 2.24) is 5.32 Å². The Morgan fingerprint density at radius 1 is 1.36 bits per heavy atom. The van der Waals surface area contributed by atoms with Crippen LogP contribution in [0.5, 0.6) is 0 Å². The minimum atomic E-state index is 0.753. The van der Waals surface area contributed by atoms with Gasteiger partial charge in [0.25, 0.3) is 0 Å². The Morgan fingerprint density at radius 2 is 2.14 bits per heavy atom. The molecule has 0 saturated carbocycles. The molecule has 0 saturated heterocycles. The van der Waals surface area contributed by atoms with Crippen molar-refractivity contribution in [3.63, 3.8) is 0 Å². The highest BCUT2D eigenvalue weighted by molar-refractivity contribution is 5.45. The van der Waals surface area contributed by atoms with Gasteiger partial charge in [-0.3, -0.25) is 4.79 Å². The molecule has 1 amide bonds. The average molecular weight is 191 g/mol. The van der Waals surface area contributed by atoms with Crippen molar-refractivity contribution in [3.05, 3.63) is 34.9 Å². The summed E-state index contributed by atoms with van der Waals surface area (Å²) in [6, 6.07) is 6.50. The van der Waals surface area contributed by atoms with E-state index >= 15 is 0 Å². The fourth-order valence-electron chi connectivity index (χ4n) is 1.51. The first-order chi connectivity index (χ1) is 6.74. The highest BCUT2D eigenvalue weighted by Gasteiger charge is 1.98. The number of hydrogen-bond donors (Lipinski definition) is 1. The van der Waals surface area contributed by atoms with E-state index in [-0.39, 0.29) is 0 Å². The van der Waals surface area contributed by atoms with Gasteiger partial charge in [-0.2, -0.15) is 0 Å². The summed E-state index contributed by atoms with van der Waals surface area (Å²) in [7, 11) is 0. The topological polar surface area (TPSA) is 29.1 Å². The summed E-state index contributed by atoms with van der Waals surface area (Å²) in [5.74, 6) is 0. The van der Waals surface area contributed by atoms with Crippen LogP contribution in [0.2, 0.25) is 0 Å². The summed E-state index contributed by atoms with van der Waals surface area (Å²) in [4.78, 5) is 10.0. The largest absolute Gasteiger partial charge is 0.359 e. The smallest absolute Gasteiger partial charge is 0.207 e. The summed E-state index contributed by atoms with van der Waals surface area (Å²) >= 11 is 0. The zero-order valence-electron chi connectivity index (χ0n) is 8.84. The Hall–Kier alpha value is -1.31. The molecular formula is C12H17NO. The first-order valence-corrected chi connectivity index (χ1v) is 4.97. The normalized spacial score (nSPS) is 9.86. The van der Waals surface area contributed by atoms with Crippen molar-refractivity contribution in [2.75, 3.05) is 6.54 Å². The quantitative estimate of drug-likeness (QED) is 0.559. The molecule has 1 aromatic rings. The fraction of sp³-hybridized carbons (Fsp3) is 0.417. The van der Waals surface area contributed by atoms with Gasteiger partial charge in [0.2, 0.25) is 6.41 Å². The monoisotopic (exact) mass is 191 g/mol. The molecule has 0 bridgehead atoms. The number of carbonyl (C=O) groups is 1. The Balaban J connectivity index is 2.49. The van der Waals surface area contributed by atoms with E-state index in [0.717, 1.165) is 25.8 Å². The number of amides is 1. The second-order valence-electron chi connectivity index (χ2n) is 3.61. The van der Waals surface area contributed by atoms with E-state index in [2.05, 4.69) is 37.4 Å². The first-order valence-electron chi connectivity index (χ1n) is 4.97. The second-order valence-corrected chi connectivity index (χ2v) is 3.61. The summed E-state index contributed by atoms with van der Waals surface area (Å²) in [5.41, 5.74) is 4.02. The molecule has 1 aromatic carbocycles. The minimum Gasteiger partial charge on any atom is -0.359 e. The zero-order chi connectivity index (χ0) is 10.4. The standard InChI is InChI=1S/C12H17NO/c1-10-5-6-11(2)12(8-10)4-3-7-13-9-14/h5-6,8-9H,3-4,7H2,1-2H3,(H,13,14). The van der Waals surface area contributed by atoms with Crippen LogP contribution in [0.25, 0.3) is 0 Å². The third-order valence-corrected chi connectivity index (χ3v) is 2.36. The van der Waals surface area contributed by atoms with E-state index < -0.39 is 0 Å². The van der Waals surface area contributed by atoms with Crippen molar-refractivity contribution < 1.29 is 4.79 Å². The Kier molecular flexibility index (Phi) is 4.17. The van der Waals surface area contributed by atoms with Gasteiger partial charge in [-0.25, -0.2) is 0 Å². The van der Waals surface area contributed by atoms with Gasteiger partial charge in [0.05, 0.1) is 0 Å². The van der Waals surface area contributed by atoms with Gasteiger partial charge in [0.15, 0.2) is 0 Å². The number of benzene rings is 1. The molecule has 0 spiro atoms. The molecule has 0 aliphatic heterocycles. The lowest BCUT2D eigenvalue weighted by atomic mass is 10.0. The highest BCUT2D eigenvalue weighted by Crippen LogP contribution is 2.12. The van der Waals surface area contributed by atoms with Crippen LogP contribution in [0.3, 0.4) is 0 Å². The molecule has 2 heteroatoms. The van der Waals surface area contributed by atoms with Crippen LogP contribution in [0.15, 0.2) is 18.2 Å². The van der Waals surface area contributed by atoms with Crippen LogP contribution in [0.1, 0.15) is 23.1 Å². The molecule has 0 heterocycles. The van der Waals surface area contributed by atoms with Crippen LogP contribution in [0, 0.1) is 13.8 Å². The number of carbonyl (C=O) groups excluding carboxylic acids is 1. The highest BCUT2D eigenvalue weighted by atomic mass is 16.1. The van der Waals surface area contributed by atoms with Crippen LogP contribution in [0.4, 0.5) is 0 Å². The van der Waals surface area contributed by atoms with E-state index in [0.29, 0.717) is 0 Å². The minimum absolute atomic E-state index is 0.753. The van der Waals surface area contributed by atoms with Crippen LogP contribution in [-0.2, 0) is 11.2 Å². The molecule has 0 fully saturated rings. The van der Waals surface area contributed by atoms with Gasteiger partial charge in [-0.05, 0) is 37.8 Å². The summed E-state index contributed by atoms with van der Waals surface area (Å²) in [6.45, 7) is 4.99. The lowest BCUT2D eigenvalue weighted by molar-refractivity contribution is -0.109. The van der Waals surface area contributed by atoms with E-state index in [1.165, 1.54) is 16.7 Å². The molecule has 1 N–H and O–H groups in total. The molecular weight excluding hydrogens is 174 g/mol. The Bertz CT molecular complexity index is 307. The molecule has 2 nitrogen and oxygen atoms in total. The summed E-state index contributed by atoms with van der Waals surface area (Å²) < 4.78 is 0. The summed E-state index contributed by atoms with van der Waals surface area (Å²) in [5, 5.41) is 2.67. The zero-order valence-corrected chi connectivity index (χ0v) is 8.84. The van der Waals surface area contributed by atoms with Gasteiger partial charge in [0.1, 0.15) is 0 Å². The lowest BCUT2D eigenvalue weighted by Gasteiger charge is -2.06. The van der Waals surface area contributed by atoms with E-state index in [1.54, 1.807) is 0 Å². The first kappa shape index (κ1) is 10.8. The molecule has 0 aromatic heterocycles. The Labute approximate surface area is 85.3 Å². The van der Waals surface area contributed by atoms with E-state index in [9.17, 15) is 4.79 Å². The van der Waals surface area contributed by atoms with Crippen LogP contribution in [-0.4, -0.2) is 13.0 Å². The maximum atomic E-state index is 10.0. The maximum Gasteiger partial charge on any atom is 0.207 e. The van der Waals surface area contributed by atoms with Crippen molar-refractivity contribution in [3.8, 4) is 0 Å². The number of nitrogens with one attached hydrogen (secondary N) is 1. The van der Waals surface area contributed by atoms with Gasteiger partial charge >= 0.3 is 0 Å². The summed E-state index contributed by atoms with van der Waals surface area (Å²) in [6.07, 6.45) is 2.79. The van der Waals surface area contributed by atoms with E-state index in [4.69, 9.17) is 0 Å². The molecule has 1 rings (SSSR count). The number of rotatable bonds is 5. The van der Waals surface area contributed by atoms with Crippen LogP contribution >= 0.6 is 0 Å². The molecule has 0 aliphatic rings. The predicted molar refractivity (Wildman–Crippen MR) is 58.3 cm³/mol. The molecule has 0 radical (unpaired) electrons. The van der Waals surface area contributed by atoms with Crippen molar-refractivity contribution in [1.29, 1.82) is 0 Å². The molecule has 76 valence electrons. The van der Waals surface area contributed by atoms with E-state index in [1.807, 2.05) is 0 Å². The van der Waals surface area contributed by atoms with Gasteiger partial charge in [-0.1, -0.05) is 23.8 Å². The number of aryl methyl sites for hydroxylation is 3.